The highest BCUT2D eigenvalue weighted by Crippen LogP contribution is 2.38. The van der Waals surface area contributed by atoms with Gasteiger partial charge in [-0.1, -0.05) is 29.4 Å². The molecular weight excluding hydrogens is 338 g/mol. The molecule has 0 saturated heterocycles. The molecule has 10 heteroatoms. The van der Waals surface area contributed by atoms with Crippen LogP contribution in [-0.2, 0) is 4.74 Å². The van der Waals surface area contributed by atoms with Crippen molar-refractivity contribution in [2.45, 2.75) is 6.92 Å². The van der Waals surface area contributed by atoms with Gasteiger partial charge in [0.1, 0.15) is 18.1 Å². The molecule has 0 fully saturated rings. The van der Waals surface area contributed by atoms with Crippen LogP contribution in [0.5, 0.6) is 5.75 Å². The van der Waals surface area contributed by atoms with Gasteiger partial charge in [0, 0.05) is 16.7 Å². The average Bonchev–Trinajstić information content (AvgIpc) is 2.63. The topological polar surface area (TPSA) is 148 Å². The fraction of sp³-hybridized carbons (Fsp3) is 0.188. The summed E-state index contributed by atoms with van der Waals surface area (Å²) in [5, 5.41) is 6.00. The second kappa shape index (κ2) is 7.41. The van der Waals surface area contributed by atoms with E-state index >= 15 is 0 Å². The highest BCUT2D eigenvalue weighted by atomic mass is 16.5. The first-order chi connectivity index (χ1) is 12.6. The van der Waals surface area contributed by atoms with E-state index in [-0.39, 0.29) is 24.8 Å². The highest BCUT2D eigenvalue weighted by Gasteiger charge is 2.20. The van der Waals surface area contributed by atoms with Crippen molar-refractivity contribution in [3.63, 3.8) is 0 Å². The number of aliphatic imine (C=N–C) groups is 1. The quantitative estimate of drug-likeness (QED) is 0.488. The van der Waals surface area contributed by atoms with Gasteiger partial charge >= 0.3 is 6.09 Å². The van der Waals surface area contributed by atoms with Gasteiger partial charge < -0.3 is 15.2 Å². The minimum atomic E-state index is -0.625. The third kappa shape index (κ3) is 3.65. The van der Waals surface area contributed by atoms with E-state index in [1.165, 1.54) is 6.07 Å². The summed E-state index contributed by atoms with van der Waals surface area (Å²) in [5.41, 5.74) is 16.8. The molecular formula is C16H15N7O3. The van der Waals surface area contributed by atoms with Crippen molar-refractivity contribution in [1.82, 2.24) is 4.98 Å². The van der Waals surface area contributed by atoms with Gasteiger partial charge in [0.25, 0.3) is 0 Å². The number of nitrogens with zero attached hydrogens (tertiary/aromatic N) is 5. The smallest absolute Gasteiger partial charge is 0.412 e. The second-order valence-electron chi connectivity index (χ2n) is 5.17. The number of hydrogen-bond acceptors (Lipinski definition) is 7. The van der Waals surface area contributed by atoms with Crippen LogP contribution in [0, 0.1) is 0 Å². The number of pyridine rings is 1. The van der Waals surface area contributed by atoms with E-state index in [4.69, 9.17) is 20.7 Å². The van der Waals surface area contributed by atoms with E-state index in [9.17, 15) is 4.79 Å². The average molecular weight is 353 g/mol. The van der Waals surface area contributed by atoms with Crippen LogP contribution < -0.4 is 15.8 Å². The molecule has 0 spiro atoms. The number of ether oxygens (including phenoxy) is 2. The summed E-state index contributed by atoms with van der Waals surface area (Å²) >= 11 is 0. The van der Waals surface area contributed by atoms with Crippen LogP contribution in [0.25, 0.3) is 10.4 Å². The Bertz CT molecular complexity index is 918. The lowest BCUT2D eigenvalue weighted by atomic mass is 10.1. The van der Waals surface area contributed by atoms with Crippen LogP contribution in [0.1, 0.15) is 12.5 Å². The molecule has 1 amide bonds. The predicted octanol–water partition coefficient (Wildman–Crippen LogP) is 3.69. The Labute approximate surface area is 148 Å². The van der Waals surface area contributed by atoms with Crippen LogP contribution in [0.15, 0.2) is 40.4 Å². The molecule has 0 radical (unpaired) electrons. The number of nitrogens with one attached hydrogen (secondary N) is 1. The summed E-state index contributed by atoms with van der Waals surface area (Å²) in [6.07, 6.45) is -0.625. The van der Waals surface area contributed by atoms with E-state index in [0.717, 1.165) is 5.56 Å². The Morgan fingerprint density at radius 1 is 1.46 bits per heavy atom. The number of hydrogen-bond donors (Lipinski definition) is 2. The van der Waals surface area contributed by atoms with Crippen LogP contribution in [0.4, 0.5) is 27.8 Å². The van der Waals surface area contributed by atoms with Crippen molar-refractivity contribution in [3.05, 3.63) is 46.3 Å². The fourth-order valence-corrected chi connectivity index (χ4v) is 2.33. The van der Waals surface area contributed by atoms with Crippen LogP contribution in [0.3, 0.4) is 0 Å². The number of aromatic nitrogens is 1. The van der Waals surface area contributed by atoms with Crippen molar-refractivity contribution in [2.75, 3.05) is 24.3 Å². The Hall–Kier alpha value is -3.78. The summed E-state index contributed by atoms with van der Waals surface area (Å²) < 4.78 is 10.5. The molecule has 132 valence electrons. The molecule has 10 nitrogen and oxygen atoms in total. The molecule has 1 aromatic carbocycles. The Kier molecular flexibility index (Phi) is 4.86. The fourth-order valence-electron chi connectivity index (χ4n) is 2.33. The van der Waals surface area contributed by atoms with Crippen LogP contribution >= 0.6 is 0 Å². The molecule has 1 aliphatic rings. The first-order valence-electron chi connectivity index (χ1n) is 7.71. The first-order valence-corrected chi connectivity index (χ1v) is 7.71. The van der Waals surface area contributed by atoms with Gasteiger partial charge in [-0.15, -0.1) is 0 Å². The molecule has 3 N–H and O–H groups in total. The number of fused-ring (bicyclic) bond motifs is 1. The van der Waals surface area contributed by atoms with E-state index < -0.39 is 6.09 Å². The molecule has 0 bridgehead atoms. The predicted molar refractivity (Wildman–Crippen MR) is 96.2 cm³/mol. The molecule has 1 aromatic heterocycles. The van der Waals surface area contributed by atoms with Gasteiger partial charge in [-0.05, 0) is 18.0 Å². The number of carbonyl (C=O) groups excluding carboxylic acids is 1. The molecule has 0 saturated carbocycles. The van der Waals surface area contributed by atoms with E-state index in [1.807, 2.05) is 0 Å². The molecule has 0 atom stereocenters. The number of nitrogens with two attached hydrogens (primary N) is 1. The number of amides is 1. The van der Waals surface area contributed by atoms with Crippen LogP contribution in [0.2, 0.25) is 0 Å². The number of anilines is 2. The molecule has 1 aliphatic heterocycles. The maximum Gasteiger partial charge on any atom is 0.412 e. The molecule has 3 rings (SSSR count). The largest absolute Gasteiger partial charge is 0.485 e. The number of carbonyl (C=O) groups is 1. The molecule has 0 unspecified atom stereocenters. The third-order valence-electron chi connectivity index (χ3n) is 3.46. The molecule has 2 aromatic rings. The Morgan fingerprint density at radius 2 is 2.23 bits per heavy atom. The van der Waals surface area contributed by atoms with Gasteiger partial charge in [0.15, 0.2) is 11.6 Å². The minimum Gasteiger partial charge on any atom is -0.485 e. The lowest BCUT2D eigenvalue weighted by molar-refractivity contribution is 0.168. The van der Waals surface area contributed by atoms with Crippen molar-refractivity contribution in [3.8, 4) is 5.75 Å². The maximum absolute atomic E-state index is 11.5. The summed E-state index contributed by atoms with van der Waals surface area (Å²) in [7, 11) is 0. The van der Waals surface area contributed by atoms with Gasteiger partial charge in [0.05, 0.1) is 12.3 Å². The lowest BCUT2D eigenvalue weighted by Gasteiger charge is -2.19. The highest BCUT2D eigenvalue weighted by molar-refractivity contribution is 6.05. The third-order valence-corrected chi connectivity index (χ3v) is 3.46. The maximum atomic E-state index is 11.5. The normalized spacial score (nSPS) is 12.1. The van der Waals surface area contributed by atoms with Gasteiger partial charge in [-0.25, -0.2) is 14.8 Å². The van der Waals surface area contributed by atoms with Crippen molar-refractivity contribution < 1.29 is 14.3 Å². The lowest BCUT2D eigenvalue weighted by Crippen LogP contribution is -2.18. The van der Waals surface area contributed by atoms with Crippen molar-refractivity contribution in [2.24, 2.45) is 10.1 Å². The Balaban J connectivity index is 1.87. The zero-order valence-electron chi connectivity index (χ0n) is 13.8. The number of nitrogen functional groups attached to an aromatic ring is 1. The standard InChI is InChI=1S/C16H15N7O3/c1-2-25-16(24)21-13-7-12-14(15(17)20-13)19-11(8-26-12)9-3-5-10(6-4-9)22-23-18/h3-7H,2,8H2,1H3,(H3,17,20,21,24). The summed E-state index contributed by atoms with van der Waals surface area (Å²) in [4.78, 5) is 22.8. The summed E-state index contributed by atoms with van der Waals surface area (Å²) in [6, 6.07) is 8.45. The van der Waals surface area contributed by atoms with E-state index in [2.05, 4.69) is 25.3 Å². The SMILES string of the molecule is CCOC(=O)Nc1cc2c(c(N)n1)N=C(c1ccc(N=[N+]=[N-])cc1)CO2. The van der Waals surface area contributed by atoms with Gasteiger partial charge in [-0.3, -0.25) is 5.32 Å². The van der Waals surface area contributed by atoms with Crippen molar-refractivity contribution >= 4 is 34.8 Å². The number of rotatable bonds is 4. The summed E-state index contributed by atoms with van der Waals surface area (Å²) in [6.45, 7) is 2.16. The van der Waals surface area contributed by atoms with Crippen molar-refractivity contribution in [1.29, 1.82) is 0 Å². The van der Waals surface area contributed by atoms with E-state index in [1.54, 1.807) is 31.2 Å². The van der Waals surface area contributed by atoms with Gasteiger partial charge in [0.2, 0.25) is 0 Å². The van der Waals surface area contributed by atoms with Gasteiger partial charge in [-0.2, -0.15) is 0 Å². The zero-order valence-corrected chi connectivity index (χ0v) is 13.8. The monoisotopic (exact) mass is 353 g/mol. The van der Waals surface area contributed by atoms with Crippen LogP contribution in [-0.4, -0.2) is 30.0 Å². The molecule has 0 aliphatic carbocycles. The molecule has 26 heavy (non-hydrogen) atoms. The number of benzene rings is 1. The second-order valence-corrected chi connectivity index (χ2v) is 5.17. The Morgan fingerprint density at radius 3 is 2.92 bits per heavy atom. The number of azide groups is 1. The van der Waals surface area contributed by atoms with E-state index in [0.29, 0.717) is 22.8 Å². The summed E-state index contributed by atoms with van der Waals surface area (Å²) in [5.74, 6) is 0.757. The minimum absolute atomic E-state index is 0.122. The first kappa shape index (κ1) is 17.1. The zero-order chi connectivity index (χ0) is 18.5. The molecule has 2 heterocycles.